The number of hydrogen-bond donors (Lipinski definition) is 1. The van der Waals surface area contributed by atoms with Gasteiger partial charge in [0.25, 0.3) is 5.69 Å². The summed E-state index contributed by atoms with van der Waals surface area (Å²) >= 11 is 0. The van der Waals surface area contributed by atoms with Crippen LogP contribution < -0.4 is 5.32 Å². The highest BCUT2D eigenvalue weighted by Gasteiger charge is 2.44. The summed E-state index contributed by atoms with van der Waals surface area (Å²) in [5, 5.41) is 14.2. The van der Waals surface area contributed by atoms with Crippen molar-refractivity contribution in [1.29, 1.82) is 0 Å². The van der Waals surface area contributed by atoms with Gasteiger partial charge in [-0.05, 0) is 36.7 Å². The van der Waals surface area contributed by atoms with E-state index < -0.39 is 0 Å². The Morgan fingerprint density at radius 3 is 2.61 bits per heavy atom. The third-order valence-electron chi connectivity index (χ3n) is 4.18. The average Bonchev–Trinajstić information content (AvgIpc) is 3.08. The van der Waals surface area contributed by atoms with Crippen molar-refractivity contribution in [3.63, 3.8) is 0 Å². The van der Waals surface area contributed by atoms with Crippen LogP contribution in [0.1, 0.15) is 32.3 Å². The molecule has 0 bridgehead atoms. The number of nitro benzene ring substituents is 1. The molecule has 98 valence electrons. The van der Waals surface area contributed by atoms with Crippen LogP contribution in [0.5, 0.6) is 0 Å². The highest BCUT2D eigenvalue weighted by molar-refractivity contribution is 5.57. The van der Waals surface area contributed by atoms with Crippen molar-refractivity contribution in [2.75, 3.05) is 11.9 Å². The maximum atomic E-state index is 10.8. The first-order valence-electron chi connectivity index (χ1n) is 6.43. The molecule has 0 spiro atoms. The SMILES string of the molecule is Cc1ccc([N+](=O)[O-])cc1NCC1(C(C)C)CC1. The largest absolute Gasteiger partial charge is 0.384 e. The van der Waals surface area contributed by atoms with Crippen LogP contribution in [0.3, 0.4) is 0 Å². The Kier molecular flexibility index (Phi) is 3.28. The van der Waals surface area contributed by atoms with Gasteiger partial charge >= 0.3 is 0 Å². The minimum absolute atomic E-state index is 0.150. The normalized spacial score (nSPS) is 16.7. The van der Waals surface area contributed by atoms with Crippen LogP contribution in [0.4, 0.5) is 11.4 Å². The van der Waals surface area contributed by atoms with Crippen LogP contribution in [0, 0.1) is 28.4 Å². The predicted molar refractivity (Wildman–Crippen MR) is 72.8 cm³/mol. The van der Waals surface area contributed by atoms with E-state index in [-0.39, 0.29) is 10.6 Å². The molecular formula is C14H20N2O2. The van der Waals surface area contributed by atoms with E-state index in [1.54, 1.807) is 18.2 Å². The van der Waals surface area contributed by atoms with Crippen molar-refractivity contribution >= 4 is 11.4 Å². The molecule has 1 aliphatic rings. The molecule has 1 aromatic carbocycles. The van der Waals surface area contributed by atoms with Gasteiger partial charge in [0.1, 0.15) is 0 Å². The zero-order valence-corrected chi connectivity index (χ0v) is 11.2. The lowest BCUT2D eigenvalue weighted by Gasteiger charge is -2.21. The summed E-state index contributed by atoms with van der Waals surface area (Å²) < 4.78 is 0. The van der Waals surface area contributed by atoms with Crippen LogP contribution in [0.15, 0.2) is 18.2 Å². The molecule has 0 amide bonds. The number of aryl methyl sites for hydroxylation is 1. The molecule has 0 saturated heterocycles. The Morgan fingerprint density at radius 1 is 1.44 bits per heavy atom. The maximum absolute atomic E-state index is 10.8. The predicted octanol–water partition coefficient (Wildman–Crippen LogP) is 3.75. The summed E-state index contributed by atoms with van der Waals surface area (Å²) in [4.78, 5) is 10.4. The van der Waals surface area contributed by atoms with E-state index in [4.69, 9.17) is 0 Å². The molecule has 1 fully saturated rings. The summed E-state index contributed by atoms with van der Waals surface area (Å²) in [5.74, 6) is 0.656. The lowest BCUT2D eigenvalue weighted by molar-refractivity contribution is -0.384. The number of anilines is 1. The third kappa shape index (κ3) is 2.47. The monoisotopic (exact) mass is 248 g/mol. The van der Waals surface area contributed by atoms with Gasteiger partial charge in [-0.1, -0.05) is 19.9 Å². The van der Waals surface area contributed by atoms with Gasteiger partial charge in [-0.3, -0.25) is 10.1 Å². The minimum atomic E-state index is -0.347. The standard InChI is InChI=1S/C14H20N2O2/c1-10(2)14(6-7-14)9-15-13-8-12(16(17)18)5-4-11(13)3/h4-5,8,10,15H,6-7,9H2,1-3H3. The molecule has 4 heteroatoms. The Labute approximate surface area is 108 Å². The number of nitrogens with one attached hydrogen (secondary N) is 1. The van der Waals surface area contributed by atoms with Crippen molar-refractivity contribution in [3.8, 4) is 0 Å². The Balaban J connectivity index is 2.09. The molecule has 2 rings (SSSR count). The smallest absolute Gasteiger partial charge is 0.271 e. The molecular weight excluding hydrogens is 228 g/mol. The van der Waals surface area contributed by atoms with Gasteiger partial charge in [-0.15, -0.1) is 0 Å². The third-order valence-corrected chi connectivity index (χ3v) is 4.18. The Morgan fingerprint density at radius 2 is 2.11 bits per heavy atom. The fourth-order valence-corrected chi connectivity index (χ4v) is 2.30. The number of nitro groups is 1. The fraction of sp³-hybridized carbons (Fsp3) is 0.571. The molecule has 1 N–H and O–H groups in total. The quantitative estimate of drug-likeness (QED) is 0.637. The lowest BCUT2D eigenvalue weighted by Crippen LogP contribution is -2.21. The molecule has 1 saturated carbocycles. The number of rotatable bonds is 5. The van der Waals surface area contributed by atoms with Crippen LogP contribution in [0.25, 0.3) is 0 Å². The Hall–Kier alpha value is -1.58. The Bertz CT molecular complexity index is 465. The van der Waals surface area contributed by atoms with E-state index in [0.717, 1.165) is 17.8 Å². The zero-order valence-electron chi connectivity index (χ0n) is 11.2. The molecule has 0 unspecified atom stereocenters. The van der Waals surface area contributed by atoms with E-state index in [0.29, 0.717) is 11.3 Å². The van der Waals surface area contributed by atoms with Crippen molar-refractivity contribution in [1.82, 2.24) is 0 Å². The molecule has 0 radical (unpaired) electrons. The van der Waals surface area contributed by atoms with Gasteiger partial charge in [0.15, 0.2) is 0 Å². The average molecular weight is 248 g/mol. The molecule has 4 nitrogen and oxygen atoms in total. The topological polar surface area (TPSA) is 55.2 Å². The second kappa shape index (κ2) is 4.59. The van der Waals surface area contributed by atoms with Crippen molar-refractivity contribution in [2.45, 2.75) is 33.6 Å². The number of nitrogens with zero attached hydrogens (tertiary/aromatic N) is 1. The van der Waals surface area contributed by atoms with E-state index >= 15 is 0 Å². The molecule has 0 aliphatic heterocycles. The summed E-state index contributed by atoms with van der Waals surface area (Å²) in [7, 11) is 0. The van der Waals surface area contributed by atoms with Crippen LogP contribution >= 0.6 is 0 Å². The molecule has 1 aliphatic carbocycles. The van der Waals surface area contributed by atoms with Crippen LogP contribution in [-0.4, -0.2) is 11.5 Å². The van der Waals surface area contributed by atoms with Crippen LogP contribution in [0.2, 0.25) is 0 Å². The first-order valence-corrected chi connectivity index (χ1v) is 6.43. The van der Waals surface area contributed by atoms with E-state index in [1.807, 2.05) is 6.92 Å². The second-order valence-electron chi connectivity index (χ2n) is 5.63. The first kappa shape index (κ1) is 12.9. The lowest BCUT2D eigenvalue weighted by atomic mass is 9.92. The van der Waals surface area contributed by atoms with Gasteiger partial charge in [-0.2, -0.15) is 0 Å². The van der Waals surface area contributed by atoms with Crippen LogP contribution in [-0.2, 0) is 0 Å². The van der Waals surface area contributed by atoms with Crippen molar-refractivity contribution in [3.05, 3.63) is 33.9 Å². The van der Waals surface area contributed by atoms with E-state index in [1.165, 1.54) is 12.8 Å². The highest BCUT2D eigenvalue weighted by Crippen LogP contribution is 2.51. The summed E-state index contributed by atoms with van der Waals surface area (Å²) in [6.45, 7) is 7.37. The summed E-state index contributed by atoms with van der Waals surface area (Å²) in [5.41, 5.74) is 2.49. The molecule has 18 heavy (non-hydrogen) atoms. The van der Waals surface area contributed by atoms with Crippen molar-refractivity contribution in [2.24, 2.45) is 11.3 Å². The second-order valence-corrected chi connectivity index (χ2v) is 5.63. The molecule has 0 aromatic heterocycles. The van der Waals surface area contributed by atoms with E-state index in [9.17, 15) is 10.1 Å². The number of benzene rings is 1. The minimum Gasteiger partial charge on any atom is -0.384 e. The highest BCUT2D eigenvalue weighted by atomic mass is 16.6. The first-order chi connectivity index (χ1) is 8.44. The molecule has 1 aromatic rings. The molecule has 0 heterocycles. The van der Waals surface area contributed by atoms with Gasteiger partial charge in [0, 0.05) is 24.4 Å². The summed E-state index contributed by atoms with van der Waals surface area (Å²) in [6.07, 6.45) is 2.51. The fourth-order valence-electron chi connectivity index (χ4n) is 2.30. The van der Waals surface area contributed by atoms with Gasteiger partial charge in [0.2, 0.25) is 0 Å². The number of hydrogen-bond acceptors (Lipinski definition) is 3. The molecule has 0 atom stereocenters. The van der Waals surface area contributed by atoms with Crippen molar-refractivity contribution < 1.29 is 4.92 Å². The maximum Gasteiger partial charge on any atom is 0.271 e. The van der Waals surface area contributed by atoms with Gasteiger partial charge < -0.3 is 5.32 Å². The van der Waals surface area contributed by atoms with Gasteiger partial charge in [-0.25, -0.2) is 0 Å². The van der Waals surface area contributed by atoms with E-state index in [2.05, 4.69) is 19.2 Å². The zero-order chi connectivity index (χ0) is 13.3. The number of non-ortho nitro benzene ring substituents is 1. The summed E-state index contributed by atoms with van der Waals surface area (Å²) in [6, 6.07) is 4.98. The van der Waals surface area contributed by atoms with Gasteiger partial charge in [0.05, 0.1) is 4.92 Å².